The lowest BCUT2D eigenvalue weighted by molar-refractivity contribution is -0.134. The van der Waals surface area contributed by atoms with Gasteiger partial charge in [0.05, 0.1) is 6.20 Å². The first-order chi connectivity index (χ1) is 11.6. The number of hydrogen-bond donors (Lipinski definition) is 1. The van der Waals surface area contributed by atoms with Crippen molar-refractivity contribution in [3.63, 3.8) is 0 Å². The zero-order valence-electron chi connectivity index (χ0n) is 13.2. The second kappa shape index (κ2) is 7.53. The Hall–Kier alpha value is -2.27. The Morgan fingerprint density at radius 2 is 1.96 bits per heavy atom. The van der Waals surface area contributed by atoms with Crippen LogP contribution in [0.25, 0.3) is 0 Å². The average molecular weight is 347 g/mol. The van der Waals surface area contributed by atoms with E-state index in [0.717, 1.165) is 18.4 Å². The van der Waals surface area contributed by atoms with Gasteiger partial charge in [0.2, 0.25) is 0 Å². The molecule has 1 N–H and O–H groups in total. The fourth-order valence-electron chi connectivity index (χ4n) is 2.90. The maximum Gasteiger partial charge on any atom is 0.260 e. The van der Waals surface area contributed by atoms with E-state index in [4.69, 9.17) is 16.3 Å². The number of halogens is 1. The first-order valence-corrected chi connectivity index (χ1v) is 8.29. The lowest BCUT2D eigenvalue weighted by atomic mass is 9.90. The van der Waals surface area contributed by atoms with Crippen LogP contribution in [-0.2, 0) is 4.79 Å². The number of ether oxygens (including phenoxy) is 1. The van der Waals surface area contributed by atoms with Crippen molar-refractivity contribution >= 4 is 17.5 Å². The van der Waals surface area contributed by atoms with Gasteiger partial charge in [-0.2, -0.15) is 0 Å². The highest BCUT2D eigenvalue weighted by molar-refractivity contribution is 6.30. The van der Waals surface area contributed by atoms with Crippen LogP contribution in [0, 0.1) is 0 Å². The summed E-state index contributed by atoms with van der Waals surface area (Å²) in [5.41, 5.74) is 1.03. The van der Waals surface area contributed by atoms with Crippen LogP contribution < -0.4 is 4.74 Å². The molecule has 2 heterocycles. The second-order valence-corrected chi connectivity index (χ2v) is 6.31. The summed E-state index contributed by atoms with van der Waals surface area (Å²) in [6.45, 7) is 1.40. The zero-order chi connectivity index (χ0) is 16.9. The van der Waals surface area contributed by atoms with Crippen LogP contribution in [0.15, 0.2) is 42.7 Å². The molecule has 0 spiro atoms. The number of aromatic hydroxyl groups is 1. The van der Waals surface area contributed by atoms with Crippen LogP contribution in [0.3, 0.4) is 0 Å². The molecule has 0 atom stereocenters. The molecule has 1 fully saturated rings. The van der Waals surface area contributed by atoms with Crippen LogP contribution in [0.4, 0.5) is 0 Å². The predicted molar refractivity (Wildman–Crippen MR) is 91.4 cm³/mol. The Bertz CT molecular complexity index is 698. The van der Waals surface area contributed by atoms with Crippen molar-refractivity contribution in [3.8, 4) is 11.5 Å². The number of hydrogen-bond acceptors (Lipinski definition) is 4. The summed E-state index contributed by atoms with van der Waals surface area (Å²) in [4.78, 5) is 18.1. The number of aromatic nitrogens is 1. The summed E-state index contributed by atoms with van der Waals surface area (Å²) in [7, 11) is 0. The van der Waals surface area contributed by atoms with Crippen LogP contribution in [0.2, 0.25) is 5.02 Å². The fourth-order valence-corrected chi connectivity index (χ4v) is 3.02. The molecular formula is C18H19ClN2O3. The summed E-state index contributed by atoms with van der Waals surface area (Å²) in [5, 5.41) is 10.2. The number of carbonyl (C=O) groups excluding carboxylic acids is 1. The average Bonchev–Trinajstić information content (AvgIpc) is 2.61. The van der Waals surface area contributed by atoms with Crippen LogP contribution >= 0.6 is 11.6 Å². The number of piperidine rings is 1. The summed E-state index contributed by atoms with van der Waals surface area (Å²) in [6, 6.07) is 8.71. The summed E-state index contributed by atoms with van der Waals surface area (Å²) < 4.78 is 5.51. The maximum atomic E-state index is 12.3. The topological polar surface area (TPSA) is 62.7 Å². The van der Waals surface area contributed by atoms with Crippen molar-refractivity contribution in [1.29, 1.82) is 0 Å². The largest absolute Gasteiger partial charge is 0.506 e. The Morgan fingerprint density at radius 1 is 1.25 bits per heavy atom. The monoisotopic (exact) mass is 346 g/mol. The normalized spacial score (nSPS) is 15.3. The van der Waals surface area contributed by atoms with E-state index in [2.05, 4.69) is 4.98 Å². The number of benzene rings is 1. The number of likely N-dealkylation sites (tertiary alicyclic amines) is 1. The SMILES string of the molecule is O=C(COc1ccc(Cl)cc1)N1CCC(c2cncc(O)c2)CC1. The molecule has 0 saturated carbocycles. The van der Waals surface area contributed by atoms with Gasteiger partial charge in [-0.25, -0.2) is 0 Å². The third kappa shape index (κ3) is 4.17. The first kappa shape index (κ1) is 16.6. The molecule has 1 aromatic heterocycles. The molecule has 126 valence electrons. The van der Waals surface area contributed by atoms with Gasteiger partial charge in [-0.05, 0) is 54.7 Å². The minimum atomic E-state index is -0.0163. The maximum absolute atomic E-state index is 12.3. The number of pyridine rings is 1. The van der Waals surface area contributed by atoms with E-state index in [9.17, 15) is 9.90 Å². The van der Waals surface area contributed by atoms with Gasteiger partial charge >= 0.3 is 0 Å². The van der Waals surface area contributed by atoms with Gasteiger partial charge in [-0.15, -0.1) is 0 Å². The van der Waals surface area contributed by atoms with E-state index < -0.39 is 0 Å². The van der Waals surface area contributed by atoms with Crippen molar-refractivity contribution in [2.45, 2.75) is 18.8 Å². The smallest absolute Gasteiger partial charge is 0.260 e. The van der Waals surface area contributed by atoms with Crippen molar-refractivity contribution in [2.24, 2.45) is 0 Å². The van der Waals surface area contributed by atoms with E-state index in [1.807, 2.05) is 4.90 Å². The molecule has 24 heavy (non-hydrogen) atoms. The predicted octanol–water partition coefficient (Wildman–Crippen LogP) is 3.23. The molecule has 1 aliphatic rings. The van der Waals surface area contributed by atoms with E-state index in [1.165, 1.54) is 6.20 Å². The van der Waals surface area contributed by atoms with Crippen molar-refractivity contribution in [3.05, 3.63) is 53.3 Å². The minimum Gasteiger partial charge on any atom is -0.506 e. The van der Waals surface area contributed by atoms with Gasteiger partial charge in [0.25, 0.3) is 5.91 Å². The third-order valence-corrected chi connectivity index (χ3v) is 4.49. The molecule has 0 unspecified atom stereocenters. The van der Waals surface area contributed by atoms with Crippen LogP contribution in [0.1, 0.15) is 24.3 Å². The number of amides is 1. The highest BCUT2D eigenvalue weighted by Gasteiger charge is 2.24. The van der Waals surface area contributed by atoms with Gasteiger partial charge in [0.1, 0.15) is 11.5 Å². The molecule has 5 nitrogen and oxygen atoms in total. The third-order valence-electron chi connectivity index (χ3n) is 4.24. The highest BCUT2D eigenvalue weighted by atomic mass is 35.5. The van der Waals surface area contributed by atoms with Crippen LogP contribution in [-0.4, -0.2) is 40.6 Å². The molecule has 1 aliphatic heterocycles. The molecule has 1 aromatic carbocycles. The Morgan fingerprint density at radius 3 is 2.62 bits per heavy atom. The number of nitrogens with zero attached hydrogens (tertiary/aromatic N) is 2. The second-order valence-electron chi connectivity index (χ2n) is 5.87. The molecular weight excluding hydrogens is 328 g/mol. The molecule has 0 radical (unpaired) electrons. The molecule has 6 heteroatoms. The van der Waals surface area contributed by atoms with Gasteiger partial charge in [-0.1, -0.05) is 11.6 Å². The molecule has 2 aromatic rings. The summed E-state index contributed by atoms with van der Waals surface area (Å²) in [6.07, 6.45) is 4.93. The highest BCUT2D eigenvalue weighted by Crippen LogP contribution is 2.29. The lowest BCUT2D eigenvalue weighted by Crippen LogP contribution is -2.40. The van der Waals surface area contributed by atoms with E-state index in [-0.39, 0.29) is 18.3 Å². The molecule has 1 saturated heterocycles. The quantitative estimate of drug-likeness (QED) is 0.923. The standard InChI is InChI=1S/C18H19ClN2O3/c19-15-1-3-17(4-2-15)24-12-18(23)21-7-5-13(6-8-21)14-9-16(22)11-20-10-14/h1-4,9-11,13,22H,5-8,12H2. The Kier molecular flexibility index (Phi) is 5.20. The van der Waals surface area contributed by atoms with E-state index in [0.29, 0.717) is 29.8 Å². The van der Waals surface area contributed by atoms with Crippen LogP contribution in [0.5, 0.6) is 11.5 Å². The fraction of sp³-hybridized carbons (Fsp3) is 0.333. The molecule has 3 rings (SSSR count). The Labute approximate surface area is 145 Å². The summed E-state index contributed by atoms with van der Waals surface area (Å²) in [5.74, 6) is 1.12. The molecule has 0 bridgehead atoms. The number of carbonyl (C=O) groups is 1. The Balaban J connectivity index is 1.49. The zero-order valence-corrected chi connectivity index (χ0v) is 13.9. The molecule has 0 aliphatic carbocycles. The van der Waals surface area contributed by atoms with E-state index in [1.54, 1.807) is 36.5 Å². The van der Waals surface area contributed by atoms with Gasteiger partial charge < -0.3 is 14.7 Å². The molecule has 1 amide bonds. The van der Waals surface area contributed by atoms with Gasteiger partial charge in [0, 0.05) is 24.3 Å². The minimum absolute atomic E-state index is 0.0163. The van der Waals surface area contributed by atoms with Crippen molar-refractivity contribution in [1.82, 2.24) is 9.88 Å². The van der Waals surface area contributed by atoms with E-state index >= 15 is 0 Å². The van der Waals surface area contributed by atoms with Crippen molar-refractivity contribution < 1.29 is 14.6 Å². The van der Waals surface area contributed by atoms with Gasteiger partial charge in [0.15, 0.2) is 6.61 Å². The lowest BCUT2D eigenvalue weighted by Gasteiger charge is -2.32. The summed E-state index contributed by atoms with van der Waals surface area (Å²) >= 11 is 5.82. The van der Waals surface area contributed by atoms with Crippen molar-refractivity contribution in [2.75, 3.05) is 19.7 Å². The first-order valence-electron chi connectivity index (χ1n) is 7.92. The number of rotatable bonds is 4. The van der Waals surface area contributed by atoms with Gasteiger partial charge in [-0.3, -0.25) is 9.78 Å².